The van der Waals surface area contributed by atoms with Crippen LogP contribution in [-0.4, -0.2) is 21.0 Å². The monoisotopic (exact) mass is 437 g/mol. The lowest BCUT2D eigenvalue weighted by Crippen LogP contribution is -2.23. The van der Waals surface area contributed by atoms with E-state index in [1.54, 1.807) is 23.6 Å². The molecule has 160 valence electrons. The molecule has 3 N–H and O–H groups in total. The Hall–Kier alpha value is -1.63. The van der Waals surface area contributed by atoms with E-state index in [1.165, 1.54) is 0 Å². The molecule has 1 aliphatic carbocycles. The van der Waals surface area contributed by atoms with Gasteiger partial charge in [-0.1, -0.05) is 31.5 Å². The molecule has 0 amide bonds. The van der Waals surface area contributed by atoms with Crippen LogP contribution in [0.4, 0.5) is 17.2 Å². The first-order valence-electron chi connectivity index (χ1n) is 10.1. The lowest BCUT2D eigenvalue weighted by atomic mass is 10.2. The van der Waals surface area contributed by atoms with Crippen LogP contribution in [0, 0.1) is 13.8 Å². The molecule has 0 unspecified atom stereocenters. The van der Waals surface area contributed by atoms with E-state index < -0.39 is 0 Å². The summed E-state index contributed by atoms with van der Waals surface area (Å²) in [6, 6.07) is 7.67. The van der Waals surface area contributed by atoms with E-state index in [-0.39, 0.29) is 16.9 Å². The molecule has 1 aliphatic rings. The molecule has 3 rings (SSSR count). The first-order chi connectivity index (χ1) is 13.8. The second-order valence-corrected chi connectivity index (χ2v) is 8.96. The highest BCUT2D eigenvalue weighted by atomic mass is 35.5. The minimum Gasteiger partial charge on any atom is -0.396 e. The highest BCUT2D eigenvalue weighted by Crippen LogP contribution is 2.52. The Balaban J connectivity index is 0.00000145. The van der Waals surface area contributed by atoms with Crippen molar-refractivity contribution < 1.29 is 5.11 Å². The molecule has 2 aromatic rings. The highest BCUT2D eigenvalue weighted by Gasteiger charge is 2.43. The van der Waals surface area contributed by atoms with Crippen LogP contribution in [0.3, 0.4) is 0 Å². The fourth-order valence-electron chi connectivity index (χ4n) is 3.08. The van der Waals surface area contributed by atoms with Crippen LogP contribution < -0.4 is 15.6 Å². The van der Waals surface area contributed by atoms with Gasteiger partial charge in [0.05, 0.1) is 16.4 Å². The van der Waals surface area contributed by atoms with Crippen molar-refractivity contribution in [3.63, 3.8) is 0 Å². The smallest absolute Gasteiger partial charge is 0.254 e. The minimum absolute atomic E-state index is 0.0438. The number of aliphatic hydroxyl groups excluding tert-OH is 1. The van der Waals surface area contributed by atoms with Crippen molar-refractivity contribution in [2.75, 3.05) is 16.6 Å². The molecule has 1 aromatic heterocycles. The predicted octanol–water partition coefficient (Wildman–Crippen LogP) is 5.79. The Morgan fingerprint density at radius 1 is 1.21 bits per heavy atom. The lowest BCUT2D eigenvalue weighted by molar-refractivity contribution is 0.283. The van der Waals surface area contributed by atoms with Gasteiger partial charge in [0, 0.05) is 24.0 Å². The third-order valence-electron chi connectivity index (χ3n) is 4.95. The SMILES string of the molecule is CC.Cc1ccc(Nc2c(NSC3(CCCO)CC3)cc(C)c(=O)n2C)c(Cl)c1. The molecule has 1 fully saturated rings. The van der Waals surface area contributed by atoms with Gasteiger partial charge in [-0.2, -0.15) is 0 Å². The van der Waals surface area contributed by atoms with Crippen molar-refractivity contribution >= 4 is 40.7 Å². The van der Waals surface area contributed by atoms with E-state index >= 15 is 0 Å². The number of pyridine rings is 1. The molecule has 0 atom stereocenters. The molecular weight excluding hydrogens is 406 g/mol. The van der Waals surface area contributed by atoms with Crippen molar-refractivity contribution in [3.8, 4) is 0 Å². The number of hydrogen-bond donors (Lipinski definition) is 3. The number of rotatable bonds is 8. The van der Waals surface area contributed by atoms with Gasteiger partial charge in [-0.3, -0.25) is 9.36 Å². The van der Waals surface area contributed by atoms with Crippen molar-refractivity contribution in [2.24, 2.45) is 7.05 Å². The van der Waals surface area contributed by atoms with Crippen molar-refractivity contribution in [1.29, 1.82) is 0 Å². The molecular formula is C22H32ClN3O2S. The fraction of sp³-hybridized carbons (Fsp3) is 0.500. The van der Waals surface area contributed by atoms with Crippen LogP contribution in [0.5, 0.6) is 0 Å². The molecule has 0 saturated heterocycles. The summed E-state index contributed by atoms with van der Waals surface area (Å²) in [7, 11) is 1.76. The standard InChI is InChI=1S/C20H26ClN3O2S.C2H6/c1-13-5-6-16(15(21)11-13)22-18-17(12-14(2)19(26)24(18)3)23-27-20(8-9-20)7-4-10-25;1-2/h5-6,11-12,22-23,25H,4,7-10H2,1-3H3;1-2H3. The van der Waals surface area contributed by atoms with Gasteiger partial charge in [0.15, 0.2) is 0 Å². The highest BCUT2D eigenvalue weighted by molar-refractivity contribution is 8.02. The quantitative estimate of drug-likeness (QED) is 0.456. The maximum absolute atomic E-state index is 12.5. The van der Waals surface area contributed by atoms with Gasteiger partial charge >= 0.3 is 0 Å². The van der Waals surface area contributed by atoms with Gasteiger partial charge < -0.3 is 15.1 Å². The van der Waals surface area contributed by atoms with Gasteiger partial charge in [-0.05, 0) is 75.2 Å². The number of nitrogens with one attached hydrogen (secondary N) is 2. The number of halogens is 1. The first kappa shape index (κ1) is 23.6. The maximum atomic E-state index is 12.5. The molecule has 29 heavy (non-hydrogen) atoms. The second kappa shape index (κ2) is 10.4. The maximum Gasteiger partial charge on any atom is 0.254 e. The zero-order valence-corrected chi connectivity index (χ0v) is 19.5. The lowest BCUT2D eigenvalue weighted by Gasteiger charge is -2.21. The number of hydrogen-bond acceptors (Lipinski definition) is 5. The Morgan fingerprint density at radius 3 is 2.48 bits per heavy atom. The van der Waals surface area contributed by atoms with Crippen molar-refractivity contribution in [1.82, 2.24) is 4.57 Å². The topological polar surface area (TPSA) is 66.3 Å². The summed E-state index contributed by atoms with van der Waals surface area (Å²) in [5, 5.41) is 13.0. The number of nitrogens with zero attached hydrogens (tertiary/aromatic N) is 1. The van der Waals surface area contributed by atoms with Gasteiger partial charge in [0.2, 0.25) is 0 Å². The Kier molecular flexibility index (Phi) is 8.49. The fourth-order valence-corrected chi connectivity index (χ4v) is 4.40. The van der Waals surface area contributed by atoms with Crippen molar-refractivity contribution in [3.05, 3.63) is 50.8 Å². The molecule has 5 nitrogen and oxygen atoms in total. The molecule has 0 radical (unpaired) electrons. The van der Waals surface area contributed by atoms with Crippen LogP contribution >= 0.6 is 23.5 Å². The number of benzene rings is 1. The largest absolute Gasteiger partial charge is 0.396 e. The summed E-state index contributed by atoms with van der Waals surface area (Å²) in [6.45, 7) is 8.03. The number of aromatic nitrogens is 1. The summed E-state index contributed by atoms with van der Waals surface area (Å²) < 4.78 is 5.25. The predicted molar refractivity (Wildman–Crippen MR) is 127 cm³/mol. The molecule has 0 spiro atoms. The van der Waals surface area contributed by atoms with Gasteiger partial charge in [-0.15, -0.1) is 0 Å². The molecule has 1 heterocycles. The van der Waals surface area contributed by atoms with Crippen LogP contribution in [0.15, 0.2) is 29.1 Å². The summed E-state index contributed by atoms with van der Waals surface area (Å²) >= 11 is 8.06. The van der Waals surface area contributed by atoms with Crippen LogP contribution in [0.2, 0.25) is 5.02 Å². The Labute approximate surface area is 183 Å². The van der Waals surface area contributed by atoms with Gasteiger partial charge in [0.25, 0.3) is 5.56 Å². The number of anilines is 3. The summed E-state index contributed by atoms with van der Waals surface area (Å²) in [6.07, 6.45) is 4.08. The van der Waals surface area contributed by atoms with E-state index in [9.17, 15) is 4.79 Å². The van der Waals surface area contributed by atoms with E-state index in [4.69, 9.17) is 16.7 Å². The average molecular weight is 438 g/mol. The van der Waals surface area contributed by atoms with Crippen LogP contribution in [0.1, 0.15) is 50.7 Å². The van der Waals surface area contributed by atoms with E-state index in [0.717, 1.165) is 42.6 Å². The van der Waals surface area contributed by atoms with E-state index in [0.29, 0.717) is 16.4 Å². The molecule has 0 bridgehead atoms. The molecule has 7 heteroatoms. The van der Waals surface area contributed by atoms with Crippen molar-refractivity contribution in [2.45, 2.75) is 58.1 Å². The van der Waals surface area contributed by atoms with E-state index in [2.05, 4.69) is 10.0 Å². The summed E-state index contributed by atoms with van der Waals surface area (Å²) in [4.78, 5) is 12.5. The zero-order valence-electron chi connectivity index (χ0n) is 17.9. The average Bonchev–Trinajstić information content (AvgIpc) is 3.49. The molecule has 0 aliphatic heterocycles. The number of aryl methyl sites for hydroxylation is 2. The van der Waals surface area contributed by atoms with Gasteiger partial charge in [-0.25, -0.2) is 0 Å². The van der Waals surface area contributed by atoms with Gasteiger partial charge in [0.1, 0.15) is 5.82 Å². The Bertz CT molecular complexity index is 894. The van der Waals surface area contributed by atoms with E-state index in [1.807, 2.05) is 52.0 Å². The summed E-state index contributed by atoms with van der Waals surface area (Å²) in [5.74, 6) is 0.682. The minimum atomic E-state index is -0.0438. The molecule has 1 saturated carbocycles. The second-order valence-electron chi connectivity index (χ2n) is 7.28. The third-order valence-corrected chi connectivity index (χ3v) is 6.63. The molecule has 1 aromatic carbocycles. The summed E-state index contributed by atoms with van der Waals surface area (Å²) in [5.41, 5.74) is 3.33. The third kappa shape index (κ3) is 5.93. The zero-order chi connectivity index (χ0) is 21.6. The first-order valence-corrected chi connectivity index (χ1v) is 11.3. The van der Waals surface area contributed by atoms with Crippen LogP contribution in [0.25, 0.3) is 0 Å². The van der Waals surface area contributed by atoms with Crippen LogP contribution in [-0.2, 0) is 7.05 Å². The normalized spacial score (nSPS) is 14.0. The Morgan fingerprint density at radius 2 is 1.90 bits per heavy atom. The number of aliphatic hydroxyl groups is 1.